The molecule has 0 aromatic heterocycles. The van der Waals surface area contributed by atoms with Gasteiger partial charge in [0.1, 0.15) is 0 Å². The monoisotopic (exact) mass is 304 g/mol. The molecule has 0 bridgehead atoms. The van der Waals surface area contributed by atoms with E-state index in [9.17, 15) is 15.0 Å². The molecule has 2 N–H and O–H groups in total. The number of aliphatic hydroxyl groups excluding tert-OH is 1. The van der Waals surface area contributed by atoms with Crippen molar-refractivity contribution >= 4 is 5.78 Å². The lowest BCUT2D eigenvalue weighted by Gasteiger charge is -2.57. The molecular formula is C19H28O3. The van der Waals surface area contributed by atoms with Crippen LogP contribution in [0.2, 0.25) is 0 Å². The largest absolute Gasteiger partial charge is 0.393 e. The summed E-state index contributed by atoms with van der Waals surface area (Å²) in [6.45, 7) is 4.16. The second kappa shape index (κ2) is 4.67. The summed E-state index contributed by atoms with van der Waals surface area (Å²) in [4.78, 5) is 11.7. The first kappa shape index (κ1) is 14.9. The summed E-state index contributed by atoms with van der Waals surface area (Å²) in [5, 5.41) is 21.8. The van der Waals surface area contributed by atoms with E-state index in [2.05, 4.69) is 6.92 Å². The fraction of sp³-hybridized carbons (Fsp3) is 0.842. The lowest BCUT2D eigenvalue weighted by Crippen LogP contribution is -2.56. The molecule has 4 aliphatic rings. The van der Waals surface area contributed by atoms with Gasteiger partial charge in [-0.25, -0.2) is 0 Å². The summed E-state index contributed by atoms with van der Waals surface area (Å²) < 4.78 is 0. The second-order valence-electron chi connectivity index (χ2n) is 8.72. The normalized spacial score (nSPS) is 54.3. The molecule has 4 rings (SSSR count). The highest BCUT2D eigenvalue weighted by atomic mass is 16.3. The molecule has 3 fully saturated rings. The Balaban J connectivity index is 1.70. The molecule has 3 saturated carbocycles. The Bertz CT molecular complexity index is 535. The van der Waals surface area contributed by atoms with Crippen molar-refractivity contribution in [2.24, 2.45) is 29.1 Å². The van der Waals surface area contributed by atoms with Crippen LogP contribution in [0.1, 0.15) is 58.8 Å². The zero-order valence-corrected chi connectivity index (χ0v) is 13.7. The second-order valence-corrected chi connectivity index (χ2v) is 8.72. The van der Waals surface area contributed by atoms with Gasteiger partial charge < -0.3 is 10.2 Å². The van der Waals surface area contributed by atoms with Crippen LogP contribution in [0.5, 0.6) is 0 Å². The third-order valence-corrected chi connectivity index (χ3v) is 7.83. The van der Waals surface area contributed by atoms with E-state index in [1.807, 2.05) is 13.0 Å². The SMILES string of the molecule is C[C@]1(O)CC[C@H]2[C@@H]3CCC4=CC(=O)CC[C@@H]4[C@H]3[C@@H](O)C[C@@]21C. The lowest BCUT2D eigenvalue weighted by molar-refractivity contribution is -0.152. The first-order valence-electron chi connectivity index (χ1n) is 8.97. The molecule has 0 spiro atoms. The van der Waals surface area contributed by atoms with Crippen LogP contribution in [0.3, 0.4) is 0 Å². The minimum absolute atomic E-state index is 0.153. The first-order chi connectivity index (χ1) is 10.3. The van der Waals surface area contributed by atoms with Crippen molar-refractivity contribution in [1.29, 1.82) is 0 Å². The molecule has 3 nitrogen and oxygen atoms in total. The number of carbonyl (C=O) groups excluding carboxylic acids is 1. The maximum absolute atomic E-state index is 11.7. The number of carbonyl (C=O) groups is 1. The van der Waals surface area contributed by atoms with E-state index < -0.39 is 5.60 Å². The summed E-state index contributed by atoms with van der Waals surface area (Å²) in [6, 6.07) is 0. The fourth-order valence-corrected chi connectivity index (χ4v) is 6.48. The Morgan fingerprint density at radius 2 is 1.95 bits per heavy atom. The van der Waals surface area contributed by atoms with Gasteiger partial charge >= 0.3 is 0 Å². The third kappa shape index (κ3) is 1.85. The zero-order chi connectivity index (χ0) is 15.7. The van der Waals surface area contributed by atoms with Crippen molar-refractivity contribution in [3.05, 3.63) is 11.6 Å². The van der Waals surface area contributed by atoms with E-state index in [0.717, 1.165) is 32.1 Å². The average molecular weight is 304 g/mol. The van der Waals surface area contributed by atoms with Crippen molar-refractivity contribution in [2.75, 3.05) is 0 Å². The number of rotatable bonds is 0. The number of ketones is 1. The molecule has 0 aliphatic heterocycles. The molecular weight excluding hydrogens is 276 g/mol. The Morgan fingerprint density at radius 3 is 2.73 bits per heavy atom. The van der Waals surface area contributed by atoms with E-state index in [4.69, 9.17) is 0 Å². The van der Waals surface area contributed by atoms with Crippen LogP contribution in [0, 0.1) is 29.1 Å². The molecule has 4 aliphatic carbocycles. The van der Waals surface area contributed by atoms with Gasteiger partial charge in [-0.2, -0.15) is 0 Å². The lowest BCUT2D eigenvalue weighted by atomic mass is 9.50. The van der Waals surface area contributed by atoms with Crippen LogP contribution in [0.15, 0.2) is 11.6 Å². The van der Waals surface area contributed by atoms with Gasteiger partial charge in [0.2, 0.25) is 0 Å². The van der Waals surface area contributed by atoms with Gasteiger partial charge in [0.15, 0.2) is 5.78 Å². The van der Waals surface area contributed by atoms with Crippen LogP contribution in [-0.2, 0) is 4.79 Å². The highest BCUT2D eigenvalue weighted by Gasteiger charge is 2.62. The van der Waals surface area contributed by atoms with E-state index in [-0.39, 0.29) is 17.3 Å². The minimum Gasteiger partial charge on any atom is -0.393 e. The maximum atomic E-state index is 11.7. The van der Waals surface area contributed by atoms with Crippen LogP contribution < -0.4 is 0 Å². The molecule has 122 valence electrons. The average Bonchev–Trinajstić information content (AvgIpc) is 2.68. The highest BCUT2D eigenvalue weighted by molar-refractivity contribution is 5.91. The number of hydrogen-bond donors (Lipinski definition) is 2. The summed E-state index contributed by atoms with van der Waals surface area (Å²) in [5.41, 5.74) is 0.492. The van der Waals surface area contributed by atoms with Crippen LogP contribution >= 0.6 is 0 Å². The van der Waals surface area contributed by atoms with Crippen molar-refractivity contribution in [2.45, 2.75) is 70.5 Å². The van der Waals surface area contributed by atoms with E-state index in [0.29, 0.717) is 36.5 Å². The Hall–Kier alpha value is -0.670. The molecule has 0 heterocycles. The molecule has 7 atom stereocenters. The fourth-order valence-electron chi connectivity index (χ4n) is 6.48. The highest BCUT2D eigenvalue weighted by Crippen LogP contribution is 2.64. The predicted octanol–water partition coefficient (Wildman–Crippen LogP) is 2.85. The van der Waals surface area contributed by atoms with E-state index in [1.165, 1.54) is 5.57 Å². The van der Waals surface area contributed by atoms with Gasteiger partial charge in [0.05, 0.1) is 11.7 Å². The molecule has 0 radical (unpaired) electrons. The van der Waals surface area contributed by atoms with Crippen molar-refractivity contribution < 1.29 is 15.0 Å². The topological polar surface area (TPSA) is 57.5 Å². The number of aliphatic hydroxyl groups is 2. The Kier molecular flexibility index (Phi) is 3.16. The van der Waals surface area contributed by atoms with Crippen LogP contribution in [0.4, 0.5) is 0 Å². The summed E-state index contributed by atoms with van der Waals surface area (Å²) >= 11 is 0. The van der Waals surface area contributed by atoms with Gasteiger partial charge in [-0.3, -0.25) is 4.79 Å². The Labute approximate surface area is 132 Å². The smallest absolute Gasteiger partial charge is 0.155 e. The standard InChI is InChI=1S/C19H28O3/c1-18-10-16(21)17-13-6-4-12(20)9-11(13)3-5-14(17)15(18)7-8-19(18,2)22/h9,13-17,21-22H,3-8,10H2,1-2H3/t13-,14-,15-,16-,17+,18-,19-/m0/s1. The molecule has 0 saturated heterocycles. The molecule has 22 heavy (non-hydrogen) atoms. The molecule has 0 unspecified atom stereocenters. The van der Waals surface area contributed by atoms with Crippen LogP contribution in [0.25, 0.3) is 0 Å². The first-order valence-corrected chi connectivity index (χ1v) is 8.97. The molecule has 0 amide bonds. The third-order valence-electron chi connectivity index (χ3n) is 7.83. The van der Waals surface area contributed by atoms with Gasteiger partial charge in [-0.1, -0.05) is 12.5 Å². The minimum atomic E-state index is -0.651. The van der Waals surface area contributed by atoms with Gasteiger partial charge in [0.25, 0.3) is 0 Å². The van der Waals surface area contributed by atoms with E-state index >= 15 is 0 Å². The van der Waals surface area contributed by atoms with Crippen molar-refractivity contribution in [1.82, 2.24) is 0 Å². The van der Waals surface area contributed by atoms with Crippen molar-refractivity contribution in [3.63, 3.8) is 0 Å². The summed E-state index contributed by atoms with van der Waals surface area (Å²) in [7, 11) is 0. The van der Waals surface area contributed by atoms with Gasteiger partial charge in [-0.15, -0.1) is 0 Å². The number of hydrogen-bond acceptors (Lipinski definition) is 3. The van der Waals surface area contributed by atoms with Gasteiger partial charge in [0, 0.05) is 11.8 Å². The summed E-state index contributed by atoms with van der Waals surface area (Å²) in [6.07, 6.45) is 7.84. The maximum Gasteiger partial charge on any atom is 0.155 e. The van der Waals surface area contributed by atoms with E-state index in [1.54, 1.807) is 0 Å². The number of fused-ring (bicyclic) bond motifs is 5. The predicted molar refractivity (Wildman–Crippen MR) is 84.1 cm³/mol. The van der Waals surface area contributed by atoms with Crippen LogP contribution in [-0.4, -0.2) is 27.7 Å². The van der Waals surface area contributed by atoms with Crippen molar-refractivity contribution in [3.8, 4) is 0 Å². The van der Waals surface area contributed by atoms with Gasteiger partial charge in [-0.05, 0) is 75.2 Å². The number of allylic oxidation sites excluding steroid dienone is 1. The molecule has 3 heteroatoms. The quantitative estimate of drug-likeness (QED) is 0.723. The molecule has 0 aromatic rings. The molecule has 0 aromatic carbocycles. The zero-order valence-electron chi connectivity index (χ0n) is 13.7. The summed E-state index contributed by atoms with van der Waals surface area (Å²) in [5.74, 6) is 2.01. The Morgan fingerprint density at radius 1 is 1.18 bits per heavy atom.